The third-order valence-electron chi connectivity index (χ3n) is 4.57. The molecule has 4 saturated carbocycles. The molecule has 0 N–H and O–H groups in total. The number of methoxy groups -OCH3 is 1. The number of hydrogen-bond donors (Lipinski definition) is 0. The van der Waals surface area contributed by atoms with E-state index in [1.807, 2.05) is 0 Å². The Morgan fingerprint density at radius 3 is 2.44 bits per heavy atom. The van der Waals surface area contributed by atoms with Crippen LogP contribution in [0.2, 0.25) is 0 Å². The van der Waals surface area contributed by atoms with Crippen molar-refractivity contribution in [2.24, 2.45) is 17.8 Å². The number of hydrogen-bond acceptors (Lipinski definition) is 3. The average molecular weight is 336 g/mol. The summed E-state index contributed by atoms with van der Waals surface area (Å²) in [7, 11) is 1.39. The van der Waals surface area contributed by atoms with Gasteiger partial charge in [0.25, 0.3) is 0 Å². The van der Waals surface area contributed by atoms with Crippen molar-refractivity contribution < 1.29 is 14.3 Å². The maximum atomic E-state index is 11.3. The molecule has 0 aromatic rings. The Morgan fingerprint density at radius 2 is 1.88 bits per heavy atom. The van der Waals surface area contributed by atoms with E-state index in [0.29, 0.717) is 0 Å². The predicted molar refractivity (Wildman–Crippen MR) is 67.6 cm³/mol. The SMILES string of the molecule is COC(=O)OC12CC3CC(C1)C(I)C(C3)C2. The van der Waals surface area contributed by atoms with Gasteiger partial charge in [-0.3, -0.25) is 0 Å². The molecule has 16 heavy (non-hydrogen) atoms. The van der Waals surface area contributed by atoms with Crippen LogP contribution >= 0.6 is 22.6 Å². The molecule has 4 bridgehead atoms. The van der Waals surface area contributed by atoms with E-state index in [-0.39, 0.29) is 5.60 Å². The predicted octanol–water partition coefficient (Wildman–Crippen LogP) is 3.15. The van der Waals surface area contributed by atoms with Crippen LogP contribution in [0.4, 0.5) is 4.79 Å². The molecule has 4 aliphatic carbocycles. The van der Waals surface area contributed by atoms with Crippen LogP contribution in [-0.4, -0.2) is 22.8 Å². The fourth-order valence-corrected chi connectivity index (χ4v) is 5.33. The van der Waals surface area contributed by atoms with Gasteiger partial charge in [-0.25, -0.2) is 4.79 Å². The largest absolute Gasteiger partial charge is 0.508 e. The second kappa shape index (κ2) is 3.75. The van der Waals surface area contributed by atoms with Crippen LogP contribution < -0.4 is 0 Å². The standard InChI is InChI=1S/C12H17IO3/c1-15-11(14)16-12-4-7-2-8(5-12)10(13)9(3-7)6-12/h7-10H,2-6H2,1H3. The van der Waals surface area contributed by atoms with Crippen LogP contribution in [0.5, 0.6) is 0 Å². The van der Waals surface area contributed by atoms with Crippen molar-refractivity contribution in [2.75, 3.05) is 7.11 Å². The fourth-order valence-electron chi connectivity index (χ4n) is 4.23. The smallest absolute Gasteiger partial charge is 0.438 e. The highest BCUT2D eigenvalue weighted by atomic mass is 127. The molecule has 0 aliphatic heterocycles. The number of halogens is 1. The molecular weight excluding hydrogens is 319 g/mol. The van der Waals surface area contributed by atoms with Crippen molar-refractivity contribution >= 4 is 28.7 Å². The minimum absolute atomic E-state index is 0.175. The number of ether oxygens (including phenoxy) is 2. The number of carbonyl (C=O) groups excluding carboxylic acids is 1. The van der Waals surface area contributed by atoms with E-state index in [1.165, 1.54) is 20.0 Å². The number of carbonyl (C=O) groups is 1. The lowest BCUT2D eigenvalue weighted by molar-refractivity contribution is -0.135. The van der Waals surface area contributed by atoms with Crippen molar-refractivity contribution in [3.05, 3.63) is 0 Å². The van der Waals surface area contributed by atoms with Crippen molar-refractivity contribution in [1.29, 1.82) is 0 Å². The Hall–Kier alpha value is 0. The number of rotatable bonds is 1. The minimum Gasteiger partial charge on any atom is -0.438 e. The zero-order valence-electron chi connectivity index (χ0n) is 9.45. The first-order valence-corrected chi connectivity index (χ1v) is 7.27. The first-order valence-electron chi connectivity index (χ1n) is 6.03. The molecule has 0 amide bonds. The van der Waals surface area contributed by atoms with E-state index in [0.717, 1.165) is 40.9 Å². The van der Waals surface area contributed by atoms with Gasteiger partial charge in [0.05, 0.1) is 7.11 Å². The van der Waals surface area contributed by atoms with Crippen LogP contribution in [0, 0.1) is 17.8 Å². The molecule has 0 spiro atoms. The second-order valence-corrected chi connectivity index (χ2v) is 7.09. The van der Waals surface area contributed by atoms with Crippen molar-refractivity contribution in [3.8, 4) is 0 Å². The van der Waals surface area contributed by atoms with Crippen LogP contribution in [0.1, 0.15) is 32.1 Å². The molecule has 2 atom stereocenters. The summed E-state index contributed by atoms with van der Waals surface area (Å²) in [5.41, 5.74) is -0.175. The molecule has 0 aromatic heterocycles. The van der Waals surface area contributed by atoms with Crippen molar-refractivity contribution in [3.63, 3.8) is 0 Å². The summed E-state index contributed by atoms with van der Waals surface area (Å²) in [6.45, 7) is 0. The molecule has 90 valence electrons. The van der Waals surface area contributed by atoms with E-state index >= 15 is 0 Å². The van der Waals surface area contributed by atoms with Gasteiger partial charge >= 0.3 is 6.16 Å². The van der Waals surface area contributed by atoms with Gasteiger partial charge < -0.3 is 9.47 Å². The summed E-state index contributed by atoms with van der Waals surface area (Å²) in [6, 6.07) is 0. The second-order valence-electron chi connectivity index (χ2n) is 5.65. The summed E-state index contributed by atoms with van der Waals surface area (Å²) in [6.07, 6.45) is 5.38. The Kier molecular flexibility index (Phi) is 2.60. The average Bonchev–Trinajstić information content (AvgIpc) is 2.24. The fraction of sp³-hybridized carbons (Fsp3) is 0.917. The zero-order chi connectivity index (χ0) is 11.3. The van der Waals surface area contributed by atoms with Gasteiger partial charge in [0.2, 0.25) is 0 Å². The molecular formula is C12H17IO3. The van der Waals surface area contributed by atoms with E-state index in [1.54, 1.807) is 0 Å². The first kappa shape index (κ1) is 11.1. The first-order chi connectivity index (χ1) is 7.62. The topological polar surface area (TPSA) is 35.5 Å². The minimum atomic E-state index is -0.494. The highest BCUT2D eigenvalue weighted by Crippen LogP contribution is 2.59. The molecule has 4 fully saturated rings. The molecule has 3 nitrogen and oxygen atoms in total. The van der Waals surface area contributed by atoms with Crippen LogP contribution in [0.25, 0.3) is 0 Å². The van der Waals surface area contributed by atoms with E-state index in [9.17, 15) is 4.79 Å². The quantitative estimate of drug-likeness (QED) is 0.419. The highest BCUT2D eigenvalue weighted by molar-refractivity contribution is 14.1. The van der Waals surface area contributed by atoms with Gasteiger partial charge in [-0.2, -0.15) is 0 Å². The Labute approximate surface area is 109 Å². The van der Waals surface area contributed by atoms with Gasteiger partial charge in [-0.05, 0) is 49.9 Å². The highest BCUT2D eigenvalue weighted by Gasteiger charge is 2.56. The summed E-state index contributed by atoms with van der Waals surface area (Å²) >= 11 is 2.60. The van der Waals surface area contributed by atoms with Crippen LogP contribution in [-0.2, 0) is 9.47 Å². The molecule has 2 unspecified atom stereocenters. The van der Waals surface area contributed by atoms with Gasteiger partial charge in [0.15, 0.2) is 0 Å². The molecule has 0 saturated heterocycles. The lowest BCUT2D eigenvalue weighted by Gasteiger charge is -2.57. The van der Waals surface area contributed by atoms with Gasteiger partial charge in [-0.15, -0.1) is 0 Å². The maximum Gasteiger partial charge on any atom is 0.508 e. The molecule has 0 radical (unpaired) electrons. The monoisotopic (exact) mass is 336 g/mol. The lowest BCUT2D eigenvalue weighted by atomic mass is 9.54. The zero-order valence-corrected chi connectivity index (χ0v) is 11.6. The van der Waals surface area contributed by atoms with Crippen molar-refractivity contribution in [2.45, 2.75) is 41.6 Å². The van der Waals surface area contributed by atoms with Crippen LogP contribution in [0.3, 0.4) is 0 Å². The third-order valence-corrected chi connectivity index (χ3v) is 6.60. The van der Waals surface area contributed by atoms with E-state index in [2.05, 4.69) is 27.3 Å². The summed E-state index contributed by atoms with van der Waals surface area (Å²) < 4.78 is 11.0. The van der Waals surface area contributed by atoms with E-state index < -0.39 is 6.16 Å². The normalized spacial score (nSPS) is 49.1. The van der Waals surface area contributed by atoms with E-state index in [4.69, 9.17) is 4.74 Å². The molecule has 4 heteroatoms. The molecule has 0 aromatic carbocycles. The Morgan fingerprint density at radius 1 is 1.25 bits per heavy atom. The molecule has 4 rings (SSSR count). The van der Waals surface area contributed by atoms with Crippen molar-refractivity contribution in [1.82, 2.24) is 0 Å². The maximum absolute atomic E-state index is 11.3. The third kappa shape index (κ3) is 1.64. The number of alkyl halides is 1. The summed E-state index contributed by atoms with van der Waals surface area (Å²) in [5, 5.41) is 0. The summed E-state index contributed by atoms with van der Waals surface area (Å²) in [5.74, 6) is 2.31. The molecule has 4 aliphatic rings. The Bertz CT molecular complexity index is 301. The van der Waals surface area contributed by atoms with Gasteiger partial charge in [-0.1, -0.05) is 22.6 Å². The van der Waals surface area contributed by atoms with Gasteiger partial charge in [0, 0.05) is 3.92 Å². The van der Waals surface area contributed by atoms with Gasteiger partial charge in [0.1, 0.15) is 5.60 Å². The summed E-state index contributed by atoms with van der Waals surface area (Å²) in [4.78, 5) is 11.3. The molecule has 0 heterocycles. The Balaban J connectivity index is 1.80. The lowest BCUT2D eigenvalue weighted by Crippen LogP contribution is -2.56. The van der Waals surface area contributed by atoms with Crippen LogP contribution in [0.15, 0.2) is 0 Å².